The number of rotatable bonds is 3. The van der Waals surface area contributed by atoms with E-state index in [0.717, 1.165) is 37.2 Å². The van der Waals surface area contributed by atoms with Crippen LogP contribution in [-0.4, -0.2) is 25.3 Å². The summed E-state index contributed by atoms with van der Waals surface area (Å²) in [5, 5.41) is 12.5. The molecule has 0 aromatic heterocycles. The van der Waals surface area contributed by atoms with E-state index in [4.69, 9.17) is 4.74 Å². The molecule has 88 valence electrons. The van der Waals surface area contributed by atoms with Crippen molar-refractivity contribution in [3.63, 3.8) is 0 Å². The van der Waals surface area contributed by atoms with E-state index in [1.165, 1.54) is 5.56 Å². The minimum absolute atomic E-state index is 0.0992. The summed E-state index contributed by atoms with van der Waals surface area (Å²) in [6, 6.07) is 5.96. The van der Waals surface area contributed by atoms with Gasteiger partial charge in [0, 0.05) is 0 Å². The van der Waals surface area contributed by atoms with Crippen molar-refractivity contribution in [1.82, 2.24) is 5.32 Å². The maximum atomic E-state index is 9.17. The Balaban J connectivity index is 2.27. The van der Waals surface area contributed by atoms with E-state index in [1.807, 2.05) is 12.1 Å². The predicted molar refractivity (Wildman–Crippen MR) is 63.8 cm³/mol. The van der Waals surface area contributed by atoms with E-state index in [2.05, 4.69) is 11.4 Å². The lowest BCUT2D eigenvalue weighted by atomic mass is 9.88. The highest BCUT2D eigenvalue weighted by Crippen LogP contribution is 2.33. The lowest BCUT2D eigenvalue weighted by Gasteiger charge is -2.25. The van der Waals surface area contributed by atoms with Gasteiger partial charge in [0.1, 0.15) is 5.75 Å². The molecule has 0 radical (unpaired) electrons. The predicted octanol–water partition coefficient (Wildman–Crippen LogP) is 1.65. The maximum absolute atomic E-state index is 9.17. The molecule has 0 bridgehead atoms. The molecule has 2 rings (SSSR count). The molecule has 16 heavy (non-hydrogen) atoms. The van der Waals surface area contributed by atoms with Crippen molar-refractivity contribution in [3.8, 4) is 5.75 Å². The van der Waals surface area contributed by atoms with Crippen LogP contribution in [0.3, 0.4) is 0 Å². The van der Waals surface area contributed by atoms with E-state index in [0.29, 0.717) is 5.92 Å². The van der Waals surface area contributed by atoms with Crippen molar-refractivity contribution in [3.05, 3.63) is 29.3 Å². The third-order valence-corrected chi connectivity index (χ3v) is 3.26. The first-order valence-corrected chi connectivity index (χ1v) is 5.83. The van der Waals surface area contributed by atoms with Gasteiger partial charge in [-0.25, -0.2) is 0 Å². The number of ether oxygens (including phenoxy) is 1. The number of benzene rings is 1. The Morgan fingerprint density at radius 1 is 1.38 bits per heavy atom. The quantitative estimate of drug-likeness (QED) is 0.815. The molecule has 1 aliphatic rings. The van der Waals surface area contributed by atoms with Crippen molar-refractivity contribution in [1.29, 1.82) is 0 Å². The van der Waals surface area contributed by atoms with Crippen LogP contribution in [0.2, 0.25) is 0 Å². The van der Waals surface area contributed by atoms with Gasteiger partial charge in [0.15, 0.2) is 0 Å². The highest BCUT2D eigenvalue weighted by Gasteiger charge is 2.19. The topological polar surface area (TPSA) is 41.5 Å². The summed E-state index contributed by atoms with van der Waals surface area (Å²) < 4.78 is 5.40. The number of aliphatic hydroxyl groups excluding tert-OH is 1. The molecule has 0 aliphatic carbocycles. The van der Waals surface area contributed by atoms with Gasteiger partial charge < -0.3 is 15.2 Å². The molecular weight excluding hydrogens is 202 g/mol. The first kappa shape index (κ1) is 11.4. The molecular formula is C13H19NO2. The monoisotopic (exact) mass is 221 g/mol. The number of hydrogen-bond donors (Lipinski definition) is 2. The lowest BCUT2D eigenvalue weighted by Crippen LogP contribution is -2.26. The van der Waals surface area contributed by atoms with Crippen molar-refractivity contribution < 1.29 is 9.84 Å². The molecule has 0 unspecified atom stereocenters. The third kappa shape index (κ3) is 2.36. The van der Waals surface area contributed by atoms with Gasteiger partial charge in [-0.15, -0.1) is 0 Å². The van der Waals surface area contributed by atoms with Crippen LogP contribution in [0.1, 0.15) is 29.9 Å². The first-order valence-electron chi connectivity index (χ1n) is 5.83. The fourth-order valence-electron chi connectivity index (χ4n) is 2.33. The van der Waals surface area contributed by atoms with Gasteiger partial charge in [0.05, 0.1) is 13.7 Å². The van der Waals surface area contributed by atoms with Crippen molar-refractivity contribution in [2.75, 3.05) is 20.2 Å². The van der Waals surface area contributed by atoms with Gasteiger partial charge in [-0.1, -0.05) is 6.07 Å². The van der Waals surface area contributed by atoms with Gasteiger partial charge in [-0.3, -0.25) is 0 Å². The van der Waals surface area contributed by atoms with Gasteiger partial charge in [0.2, 0.25) is 0 Å². The zero-order valence-electron chi connectivity index (χ0n) is 9.70. The summed E-state index contributed by atoms with van der Waals surface area (Å²) >= 11 is 0. The van der Waals surface area contributed by atoms with Crippen LogP contribution in [0, 0.1) is 0 Å². The Bertz CT molecular complexity index is 346. The molecule has 1 saturated heterocycles. The Kier molecular flexibility index (Phi) is 3.80. The second kappa shape index (κ2) is 5.32. The fourth-order valence-corrected chi connectivity index (χ4v) is 2.33. The van der Waals surface area contributed by atoms with Crippen LogP contribution in [0.15, 0.2) is 18.2 Å². The van der Waals surface area contributed by atoms with Crippen LogP contribution in [0.5, 0.6) is 5.75 Å². The Morgan fingerprint density at radius 2 is 2.12 bits per heavy atom. The highest BCUT2D eigenvalue weighted by atomic mass is 16.5. The third-order valence-electron chi connectivity index (χ3n) is 3.26. The minimum Gasteiger partial charge on any atom is -0.496 e. The molecule has 1 aliphatic heterocycles. The zero-order valence-corrected chi connectivity index (χ0v) is 9.70. The number of hydrogen-bond acceptors (Lipinski definition) is 3. The molecule has 0 amide bonds. The van der Waals surface area contributed by atoms with E-state index >= 15 is 0 Å². The van der Waals surface area contributed by atoms with Crippen LogP contribution in [0.4, 0.5) is 0 Å². The molecule has 1 fully saturated rings. The largest absolute Gasteiger partial charge is 0.496 e. The molecule has 1 heterocycles. The number of piperidine rings is 1. The average molecular weight is 221 g/mol. The van der Waals surface area contributed by atoms with Crippen molar-refractivity contribution in [2.24, 2.45) is 0 Å². The molecule has 3 heteroatoms. The van der Waals surface area contributed by atoms with E-state index in [1.54, 1.807) is 7.11 Å². The van der Waals surface area contributed by atoms with Gasteiger partial charge in [-0.05, 0) is 55.1 Å². The summed E-state index contributed by atoms with van der Waals surface area (Å²) in [6.07, 6.45) is 2.29. The minimum atomic E-state index is 0.0992. The second-order valence-corrected chi connectivity index (χ2v) is 4.26. The summed E-state index contributed by atoms with van der Waals surface area (Å²) in [5.74, 6) is 1.51. The van der Waals surface area contributed by atoms with E-state index in [-0.39, 0.29) is 6.61 Å². The molecule has 1 aromatic carbocycles. The number of methoxy groups -OCH3 is 1. The van der Waals surface area contributed by atoms with Crippen LogP contribution in [0.25, 0.3) is 0 Å². The van der Waals surface area contributed by atoms with Crippen LogP contribution >= 0.6 is 0 Å². The zero-order chi connectivity index (χ0) is 11.4. The van der Waals surface area contributed by atoms with Gasteiger partial charge >= 0.3 is 0 Å². The van der Waals surface area contributed by atoms with E-state index < -0.39 is 0 Å². The van der Waals surface area contributed by atoms with Crippen LogP contribution in [-0.2, 0) is 6.61 Å². The summed E-state index contributed by atoms with van der Waals surface area (Å²) in [6.45, 7) is 2.23. The standard InChI is InChI=1S/C13H19NO2/c1-16-13-3-2-10(9-15)8-12(13)11-4-6-14-7-5-11/h2-3,8,11,14-15H,4-7,9H2,1H3. The molecule has 0 spiro atoms. The summed E-state index contributed by atoms with van der Waals surface area (Å²) in [4.78, 5) is 0. The van der Waals surface area contributed by atoms with Crippen LogP contribution < -0.4 is 10.1 Å². The Hall–Kier alpha value is -1.06. The Morgan fingerprint density at radius 3 is 2.75 bits per heavy atom. The fraction of sp³-hybridized carbons (Fsp3) is 0.538. The van der Waals surface area contributed by atoms with Crippen molar-refractivity contribution >= 4 is 0 Å². The average Bonchev–Trinajstić information content (AvgIpc) is 2.39. The van der Waals surface area contributed by atoms with Gasteiger partial charge in [0.25, 0.3) is 0 Å². The maximum Gasteiger partial charge on any atom is 0.122 e. The van der Waals surface area contributed by atoms with E-state index in [9.17, 15) is 5.11 Å². The molecule has 3 nitrogen and oxygen atoms in total. The molecule has 0 saturated carbocycles. The smallest absolute Gasteiger partial charge is 0.122 e. The summed E-state index contributed by atoms with van der Waals surface area (Å²) in [5.41, 5.74) is 2.21. The first-order chi connectivity index (χ1) is 7.85. The normalized spacial score (nSPS) is 17.4. The highest BCUT2D eigenvalue weighted by molar-refractivity contribution is 5.40. The Labute approximate surface area is 96.4 Å². The molecule has 2 N–H and O–H groups in total. The second-order valence-electron chi connectivity index (χ2n) is 4.26. The number of aliphatic hydroxyl groups is 1. The van der Waals surface area contributed by atoms with Crippen molar-refractivity contribution in [2.45, 2.75) is 25.4 Å². The lowest BCUT2D eigenvalue weighted by molar-refractivity contribution is 0.281. The SMILES string of the molecule is COc1ccc(CO)cc1C1CCNCC1. The number of nitrogens with one attached hydrogen (secondary N) is 1. The molecule has 1 aromatic rings. The summed E-state index contributed by atoms with van der Waals surface area (Å²) in [7, 11) is 1.71. The molecule has 0 atom stereocenters. The van der Waals surface area contributed by atoms with Gasteiger partial charge in [-0.2, -0.15) is 0 Å².